The van der Waals surface area contributed by atoms with Crippen molar-refractivity contribution in [3.63, 3.8) is 0 Å². The van der Waals surface area contributed by atoms with Crippen molar-refractivity contribution < 1.29 is 4.39 Å². The lowest BCUT2D eigenvalue weighted by molar-refractivity contribution is 0.628. The van der Waals surface area contributed by atoms with Crippen LogP contribution in [0.4, 0.5) is 10.1 Å². The summed E-state index contributed by atoms with van der Waals surface area (Å²) in [7, 11) is 1.50. The maximum atomic E-state index is 13.4. The van der Waals surface area contributed by atoms with E-state index < -0.39 is 0 Å². The highest BCUT2D eigenvalue weighted by Crippen LogP contribution is 2.29. The van der Waals surface area contributed by atoms with E-state index in [0.29, 0.717) is 12.3 Å². The molecule has 0 aliphatic heterocycles. The first-order valence-corrected chi connectivity index (χ1v) is 10.5. The van der Waals surface area contributed by atoms with Crippen molar-refractivity contribution in [2.24, 2.45) is 15.7 Å². The van der Waals surface area contributed by atoms with Crippen LogP contribution in [0.5, 0.6) is 0 Å². The molecule has 0 aliphatic carbocycles. The van der Waals surface area contributed by atoms with Crippen molar-refractivity contribution in [1.29, 1.82) is 0 Å². The number of nitrogens with two attached hydrogens (primary N) is 1. The van der Waals surface area contributed by atoms with Crippen molar-refractivity contribution >= 4 is 18.2 Å². The molecule has 0 bridgehead atoms. The zero-order chi connectivity index (χ0) is 23.6. The third kappa shape index (κ3) is 6.24. The van der Waals surface area contributed by atoms with Crippen molar-refractivity contribution in [3.8, 4) is 11.1 Å². The molecule has 0 aliphatic rings. The van der Waals surface area contributed by atoms with Crippen LogP contribution in [-0.4, -0.2) is 29.6 Å². The lowest BCUT2D eigenvalue weighted by Gasteiger charge is -2.11. The SMILES string of the molecule is C=NC(=Nc1ccc(-c2ccc(F)cc2)cc1Cc1cccc(C)n1)c1cccnc1.CN. The smallest absolute Gasteiger partial charge is 0.160 e. The number of pyridine rings is 2. The molecule has 0 saturated carbocycles. The maximum Gasteiger partial charge on any atom is 0.160 e. The van der Waals surface area contributed by atoms with E-state index in [1.807, 2.05) is 49.4 Å². The first-order valence-electron chi connectivity index (χ1n) is 10.5. The van der Waals surface area contributed by atoms with Gasteiger partial charge in [-0.2, -0.15) is 0 Å². The standard InChI is InChI=1S/C26H21FN4.CH5N/c1-18-5-3-7-24(30-18)16-22-15-20(19-8-11-23(27)12-9-19)10-13-25(22)31-26(28-2)21-6-4-14-29-17-21;1-2/h3-15,17H,2,16H2,1H3;2H2,1H3. The third-order valence-electron chi connectivity index (χ3n) is 4.87. The van der Waals surface area contributed by atoms with E-state index in [1.165, 1.54) is 19.2 Å². The van der Waals surface area contributed by atoms with E-state index in [2.05, 4.69) is 33.5 Å². The van der Waals surface area contributed by atoms with Gasteiger partial charge in [-0.15, -0.1) is 0 Å². The summed E-state index contributed by atoms with van der Waals surface area (Å²) in [4.78, 5) is 17.7. The van der Waals surface area contributed by atoms with Crippen LogP contribution in [0.3, 0.4) is 0 Å². The van der Waals surface area contributed by atoms with Gasteiger partial charge in [-0.25, -0.2) is 14.4 Å². The summed E-state index contributed by atoms with van der Waals surface area (Å²) in [6.45, 7) is 5.65. The average Bonchev–Trinajstić information content (AvgIpc) is 2.85. The minimum atomic E-state index is -0.257. The lowest BCUT2D eigenvalue weighted by atomic mass is 9.99. The van der Waals surface area contributed by atoms with Gasteiger partial charge >= 0.3 is 0 Å². The Morgan fingerprint density at radius 3 is 2.39 bits per heavy atom. The van der Waals surface area contributed by atoms with Crippen LogP contribution in [0.1, 0.15) is 22.5 Å². The summed E-state index contributed by atoms with van der Waals surface area (Å²) in [5.74, 6) is 0.244. The molecule has 4 aromatic rings. The van der Waals surface area contributed by atoms with Crippen LogP contribution in [0.25, 0.3) is 11.1 Å². The van der Waals surface area contributed by atoms with Gasteiger partial charge in [-0.3, -0.25) is 9.97 Å². The van der Waals surface area contributed by atoms with Crippen molar-refractivity contribution in [3.05, 3.63) is 114 Å². The molecule has 166 valence electrons. The number of halogens is 1. The molecule has 0 fully saturated rings. The number of benzene rings is 2. The van der Waals surface area contributed by atoms with E-state index in [1.54, 1.807) is 24.5 Å². The molecule has 0 spiro atoms. The van der Waals surface area contributed by atoms with Crippen LogP contribution < -0.4 is 5.73 Å². The Kier molecular flexibility index (Phi) is 8.27. The molecule has 33 heavy (non-hydrogen) atoms. The zero-order valence-electron chi connectivity index (χ0n) is 18.7. The monoisotopic (exact) mass is 439 g/mol. The van der Waals surface area contributed by atoms with Crippen LogP contribution in [0.15, 0.2) is 95.2 Å². The summed E-state index contributed by atoms with van der Waals surface area (Å²) in [5.41, 5.74) is 10.9. The second-order valence-corrected chi connectivity index (χ2v) is 7.13. The average molecular weight is 440 g/mol. The fraction of sp³-hybridized carbons (Fsp3) is 0.111. The fourth-order valence-corrected chi connectivity index (χ4v) is 3.35. The summed E-state index contributed by atoms with van der Waals surface area (Å²) in [6, 6.07) is 22.2. The van der Waals surface area contributed by atoms with Gasteiger partial charge in [-0.05, 0) is 85.9 Å². The molecular formula is C27H26FN5. The Balaban J connectivity index is 0.00000149. The number of amidine groups is 1. The number of aliphatic imine (C=N–C) groups is 2. The molecule has 6 heteroatoms. The van der Waals surface area contributed by atoms with Gasteiger partial charge in [0.15, 0.2) is 5.84 Å². The molecule has 0 radical (unpaired) electrons. The van der Waals surface area contributed by atoms with Gasteiger partial charge in [0.05, 0.1) is 5.69 Å². The number of aryl methyl sites for hydroxylation is 1. The molecule has 2 heterocycles. The largest absolute Gasteiger partial charge is 0.333 e. The Hall–Kier alpha value is -4.03. The van der Waals surface area contributed by atoms with Crippen molar-refractivity contribution in [2.45, 2.75) is 13.3 Å². The van der Waals surface area contributed by atoms with Gasteiger partial charge in [0.1, 0.15) is 5.82 Å². The zero-order valence-corrected chi connectivity index (χ0v) is 18.7. The van der Waals surface area contributed by atoms with Gasteiger partial charge in [0, 0.05) is 35.8 Å². The summed E-state index contributed by atoms with van der Waals surface area (Å²) < 4.78 is 13.4. The molecule has 2 aromatic heterocycles. The van der Waals surface area contributed by atoms with E-state index in [0.717, 1.165) is 39.3 Å². The summed E-state index contributed by atoms with van der Waals surface area (Å²) in [6.07, 6.45) is 4.02. The van der Waals surface area contributed by atoms with Crippen LogP contribution in [0, 0.1) is 12.7 Å². The minimum Gasteiger partial charge on any atom is -0.333 e. The number of nitrogens with zero attached hydrogens (tertiary/aromatic N) is 4. The molecule has 0 unspecified atom stereocenters. The van der Waals surface area contributed by atoms with E-state index in [9.17, 15) is 4.39 Å². The van der Waals surface area contributed by atoms with E-state index in [-0.39, 0.29) is 5.82 Å². The quantitative estimate of drug-likeness (QED) is 0.328. The second-order valence-electron chi connectivity index (χ2n) is 7.13. The number of hydrogen-bond donors (Lipinski definition) is 1. The highest BCUT2D eigenvalue weighted by Gasteiger charge is 2.10. The Morgan fingerprint density at radius 2 is 1.73 bits per heavy atom. The molecule has 0 amide bonds. The van der Waals surface area contributed by atoms with Crippen LogP contribution in [-0.2, 0) is 6.42 Å². The van der Waals surface area contributed by atoms with Crippen molar-refractivity contribution in [2.75, 3.05) is 7.05 Å². The first kappa shape index (κ1) is 23.6. The van der Waals surface area contributed by atoms with E-state index >= 15 is 0 Å². The van der Waals surface area contributed by atoms with Crippen LogP contribution >= 0.6 is 0 Å². The molecular weight excluding hydrogens is 413 g/mol. The maximum absolute atomic E-state index is 13.4. The number of aromatic nitrogens is 2. The highest BCUT2D eigenvalue weighted by molar-refractivity contribution is 6.02. The molecule has 2 aromatic carbocycles. The summed E-state index contributed by atoms with van der Waals surface area (Å²) in [5, 5.41) is 0. The predicted molar refractivity (Wildman–Crippen MR) is 134 cm³/mol. The number of rotatable bonds is 5. The molecule has 4 rings (SSSR count). The topological polar surface area (TPSA) is 76.5 Å². The third-order valence-corrected chi connectivity index (χ3v) is 4.87. The van der Waals surface area contributed by atoms with Gasteiger partial charge in [0.25, 0.3) is 0 Å². The van der Waals surface area contributed by atoms with E-state index in [4.69, 9.17) is 4.99 Å². The lowest BCUT2D eigenvalue weighted by Crippen LogP contribution is -1.99. The second kappa shape index (κ2) is 11.5. The predicted octanol–water partition coefficient (Wildman–Crippen LogP) is 5.54. The van der Waals surface area contributed by atoms with Gasteiger partial charge in [0.2, 0.25) is 0 Å². The van der Waals surface area contributed by atoms with Crippen molar-refractivity contribution in [1.82, 2.24) is 9.97 Å². The normalized spacial score (nSPS) is 10.8. The molecule has 0 atom stereocenters. The highest BCUT2D eigenvalue weighted by atomic mass is 19.1. The molecule has 5 nitrogen and oxygen atoms in total. The van der Waals surface area contributed by atoms with Gasteiger partial charge in [-0.1, -0.05) is 24.3 Å². The Bertz CT molecular complexity index is 1240. The Morgan fingerprint density at radius 1 is 0.970 bits per heavy atom. The van der Waals surface area contributed by atoms with Crippen LogP contribution in [0.2, 0.25) is 0 Å². The first-order chi connectivity index (χ1) is 16.1. The summed E-state index contributed by atoms with van der Waals surface area (Å²) >= 11 is 0. The molecule has 2 N–H and O–H groups in total. The fourth-order valence-electron chi connectivity index (χ4n) is 3.35. The molecule has 0 saturated heterocycles. The Labute approximate surface area is 193 Å². The minimum absolute atomic E-state index is 0.257. The van der Waals surface area contributed by atoms with Gasteiger partial charge < -0.3 is 5.73 Å². The number of hydrogen-bond acceptors (Lipinski definition) is 4.